The number of carbonyl (C=O) groups is 1. The van der Waals surface area contributed by atoms with Crippen molar-refractivity contribution in [2.24, 2.45) is 0 Å². The van der Waals surface area contributed by atoms with E-state index < -0.39 is 11.9 Å². The molecule has 0 fully saturated rings. The maximum Gasteiger partial charge on any atom is 0.355 e. The third kappa shape index (κ3) is 2.07. The summed E-state index contributed by atoms with van der Waals surface area (Å²) < 4.78 is 11.6. The number of carbonyl (C=O) groups excluding carboxylic acids is 1. The zero-order valence-electron chi connectivity index (χ0n) is 7.53. The highest BCUT2D eigenvalue weighted by Crippen LogP contribution is 2.17. The maximum atomic E-state index is 11.6. The number of benzene rings is 1. The fourth-order valence-corrected chi connectivity index (χ4v) is 1.08. The number of nitrogens with zero attached hydrogens (tertiary/aromatic N) is 1. The molecule has 0 aliphatic rings. The Morgan fingerprint density at radius 2 is 2.36 bits per heavy atom. The van der Waals surface area contributed by atoms with E-state index in [9.17, 15) is 9.32 Å². The van der Waals surface area contributed by atoms with Crippen LogP contribution in [0.4, 0.5) is 4.53 Å². The molecule has 1 aromatic carbocycles. The van der Waals surface area contributed by atoms with Crippen molar-refractivity contribution in [3.8, 4) is 6.07 Å². The van der Waals surface area contributed by atoms with Crippen molar-refractivity contribution < 1.29 is 14.3 Å². The molecule has 1 rings (SSSR count). The Morgan fingerprint density at radius 1 is 1.64 bits per heavy atom. The molecule has 4 heteroatoms. The summed E-state index contributed by atoms with van der Waals surface area (Å²) in [5, 5.41) is 8.60. The van der Waals surface area contributed by atoms with Gasteiger partial charge in [-0.15, -0.1) is 0 Å². The lowest BCUT2D eigenvalue weighted by Gasteiger charge is -2.06. The van der Waals surface area contributed by atoms with Gasteiger partial charge in [0.15, 0.2) is 0 Å². The second kappa shape index (κ2) is 4.38. The molecule has 0 saturated carbocycles. The van der Waals surface area contributed by atoms with Gasteiger partial charge in [0.1, 0.15) is 0 Å². The number of nitriles is 1. The Morgan fingerprint density at radius 3 is 2.93 bits per heavy atom. The van der Waals surface area contributed by atoms with E-state index in [4.69, 9.17) is 5.26 Å². The highest BCUT2D eigenvalue weighted by Gasteiger charge is 2.17. The quantitative estimate of drug-likeness (QED) is 0.722. The van der Waals surface area contributed by atoms with E-state index in [1.165, 1.54) is 13.0 Å². The Labute approximate surface area is 80.6 Å². The van der Waals surface area contributed by atoms with E-state index in [2.05, 4.69) is 4.94 Å². The summed E-state index contributed by atoms with van der Waals surface area (Å²) in [6, 6.07) is 8.35. The molecule has 1 atom stereocenters. The number of halogens is 1. The van der Waals surface area contributed by atoms with E-state index >= 15 is 0 Å². The first kappa shape index (κ1) is 10.2. The van der Waals surface area contributed by atoms with Crippen LogP contribution in [-0.2, 0) is 9.74 Å². The molecule has 0 saturated heterocycles. The molecule has 0 aromatic heterocycles. The zero-order chi connectivity index (χ0) is 10.6. The van der Waals surface area contributed by atoms with Crippen molar-refractivity contribution in [2.75, 3.05) is 0 Å². The van der Waals surface area contributed by atoms with Gasteiger partial charge in [-0.25, -0.2) is 4.79 Å². The Kier molecular flexibility index (Phi) is 3.19. The minimum atomic E-state index is -0.958. The molecule has 1 aromatic rings. The lowest BCUT2D eigenvalue weighted by atomic mass is 10.00. The molecule has 0 spiro atoms. The van der Waals surface area contributed by atoms with Gasteiger partial charge in [-0.2, -0.15) is 5.26 Å². The maximum absolute atomic E-state index is 11.6. The average molecular weight is 193 g/mol. The Hall–Kier alpha value is -1.89. The number of hydrogen-bond acceptors (Lipinski definition) is 3. The van der Waals surface area contributed by atoms with E-state index in [1.54, 1.807) is 18.2 Å². The third-order valence-corrected chi connectivity index (χ3v) is 1.95. The van der Waals surface area contributed by atoms with Crippen molar-refractivity contribution in [1.29, 1.82) is 5.26 Å². The molecular weight excluding hydrogens is 185 g/mol. The first-order valence-electron chi connectivity index (χ1n) is 4.01. The van der Waals surface area contributed by atoms with Crippen LogP contribution < -0.4 is 0 Å². The average Bonchev–Trinajstić information content (AvgIpc) is 2.27. The second-order valence-corrected chi connectivity index (χ2v) is 2.86. The fourth-order valence-electron chi connectivity index (χ4n) is 1.08. The highest BCUT2D eigenvalue weighted by atomic mass is 19.3. The van der Waals surface area contributed by atoms with Gasteiger partial charge in [0.05, 0.1) is 17.6 Å². The van der Waals surface area contributed by atoms with Crippen molar-refractivity contribution in [3.63, 3.8) is 0 Å². The largest absolute Gasteiger partial charge is 0.355 e. The summed E-state index contributed by atoms with van der Waals surface area (Å²) in [4.78, 5) is 13.9. The smallest absolute Gasteiger partial charge is 0.254 e. The van der Waals surface area contributed by atoms with Gasteiger partial charge in [0, 0.05) is 4.53 Å². The van der Waals surface area contributed by atoms with E-state index in [1.807, 2.05) is 6.07 Å². The van der Waals surface area contributed by atoms with Gasteiger partial charge in [0.25, 0.3) is 0 Å². The summed E-state index contributed by atoms with van der Waals surface area (Å²) in [5.74, 6) is -1.66. The SMILES string of the molecule is CC(C(=O)OF)c1cccc(C#N)c1. The van der Waals surface area contributed by atoms with Crippen LogP contribution in [0.25, 0.3) is 0 Å². The van der Waals surface area contributed by atoms with Gasteiger partial charge in [0.2, 0.25) is 0 Å². The molecule has 14 heavy (non-hydrogen) atoms. The van der Waals surface area contributed by atoms with Crippen molar-refractivity contribution >= 4 is 5.97 Å². The van der Waals surface area contributed by atoms with Crippen LogP contribution in [0.2, 0.25) is 0 Å². The molecule has 0 radical (unpaired) electrons. The summed E-state index contributed by atoms with van der Waals surface area (Å²) in [6.07, 6.45) is 0. The predicted molar refractivity (Wildman–Crippen MR) is 46.8 cm³/mol. The van der Waals surface area contributed by atoms with Crippen molar-refractivity contribution in [3.05, 3.63) is 35.4 Å². The summed E-state index contributed by atoms with van der Waals surface area (Å²) in [6.45, 7) is 1.51. The molecule has 0 heterocycles. The van der Waals surface area contributed by atoms with Gasteiger partial charge in [-0.1, -0.05) is 12.1 Å². The van der Waals surface area contributed by atoms with Crippen LogP contribution in [0.3, 0.4) is 0 Å². The minimum absolute atomic E-state index is 0.431. The molecule has 1 unspecified atom stereocenters. The fraction of sp³-hybridized carbons (Fsp3) is 0.200. The van der Waals surface area contributed by atoms with E-state index in [0.717, 1.165) is 0 Å². The minimum Gasteiger partial charge on any atom is -0.254 e. The first-order valence-corrected chi connectivity index (χ1v) is 4.01. The van der Waals surface area contributed by atoms with Crippen LogP contribution in [0, 0.1) is 11.3 Å². The zero-order valence-corrected chi connectivity index (χ0v) is 7.53. The van der Waals surface area contributed by atoms with Crippen molar-refractivity contribution in [1.82, 2.24) is 0 Å². The lowest BCUT2D eigenvalue weighted by Crippen LogP contribution is -2.09. The summed E-state index contributed by atoms with van der Waals surface area (Å²) in [7, 11) is 0. The van der Waals surface area contributed by atoms with Crippen LogP contribution in [0.1, 0.15) is 24.0 Å². The second-order valence-electron chi connectivity index (χ2n) is 2.86. The monoisotopic (exact) mass is 193 g/mol. The van der Waals surface area contributed by atoms with Crippen molar-refractivity contribution in [2.45, 2.75) is 12.8 Å². The molecule has 0 bridgehead atoms. The first-order chi connectivity index (χ1) is 6.69. The lowest BCUT2D eigenvalue weighted by molar-refractivity contribution is -0.185. The molecule has 72 valence electrons. The molecule has 0 N–H and O–H groups in total. The standard InChI is InChI=1S/C10H8FNO2/c1-7(10(13)14-11)9-4-2-3-8(5-9)6-12/h2-5,7H,1H3. The van der Waals surface area contributed by atoms with Gasteiger partial charge < -0.3 is 0 Å². The van der Waals surface area contributed by atoms with Gasteiger partial charge in [-0.3, -0.25) is 4.94 Å². The topological polar surface area (TPSA) is 50.1 Å². The number of hydrogen-bond donors (Lipinski definition) is 0. The van der Waals surface area contributed by atoms with Crippen LogP contribution in [0.5, 0.6) is 0 Å². The third-order valence-electron chi connectivity index (χ3n) is 1.95. The molecule has 0 amide bonds. The van der Waals surface area contributed by atoms with E-state index in [-0.39, 0.29) is 0 Å². The van der Waals surface area contributed by atoms with E-state index in [0.29, 0.717) is 11.1 Å². The van der Waals surface area contributed by atoms with Gasteiger partial charge in [-0.05, 0) is 24.6 Å². The number of rotatable bonds is 2. The van der Waals surface area contributed by atoms with Crippen LogP contribution in [0.15, 0.2) is 24.3 Å². The molecule has 0 aliphatic heterocycles. The summed E-state index contributed by atoms with van der Waals surface area (Å²) >= 11 is 0. The van der Waals surface area contributed by atoms with Gasteiger partial charge >= 0.3 is 5.97 Å². The normalized spacial score (nSPS) is 11.5. The molecule has 3 nitrogen and oxygen atoms in total. The summed E-state index contributed by atoms with van der Waals surface area (Å²) in [5.41, 5.74) is 0.993. The molecule has 0 aliphatic carbocycles. The highest BCUT2D eigenvalue weighted by molar-refractivity contribution is 5.77. The van der Waals surface area contributed by atoms with Crippen LogP contribution in [-0.4, -0.2) is 5.97 Å². The Bertz CT molecular complexity index is 384. The van der Waals surface area contributed by atoms with Crippen LogP contribution >= 0.6 is 0 Å². The molecular formula is C10H8FNO2. The predicted octanol–water partition coefficient (Wildman–Crippen LogP) is 2.09. The Balaban J connectivity index is 2.96.